The van der Waals surface area contributed by atoms with Crippen LogP contribution in [0.4, 0.5) is 5.69 Å². The number of halogens is 1. The van der Waals surface area contributed by atoms with E-state index in [1.165, 1.54) is 0 Å². The van der Waals surface area contributed by atoms with E-state index in [2.05, 4.69) is 15.3 Å². The molecule has 0 amide bonds. The SMILES string of the molecule is CN=C(Nc1ccc(Cl)cc1)c1cccnc1. The van der Waals surface area contributed by atoms with E-state index in [0.717, 1.165) is 17.1 Å². The lowest BCUT2D eigenvalue weighted by molar-refractivity contribution is 1.30. The first-order valence-corrected chi connectivity index (χ1v) is 5.57. The zero-order valence-corrected chi connectivity index (χ0v) is 10.1. The van der Waals surface area contributed by atoms with Gasteiger partial charge in [-0.2, -0.15) is 0 Å². The van der Waals surface area contributed by atoms with Gasteiger partial charge in [0.25, 0.3) is 0 Å². The highest BCUT2D eigenvalue weighted by Gasteiger charge is 2.02. The molecule has 0 saturated carbocycles. The lowest BCUT2D eigenvalue weighted by Gasteiger charge is -2.09. The maximum atomic E-state index is 5.83. The number of nitrogens with zero attached hydrogens (tertiary/aromatic N) is 2. The van der Waals surface area contributed by atoms with Gasteiger partial charge >= 0.3 is 0 Å². The lowest BCUT2D eigenvalue weighted by atomic mass is 10.2. The van der Waals surface area contributed by atoms with Crippen molar-refractivity contribution in [2.45, 2.75) is 0 Å². The Hall–Kier alpha value is -1.87. The highest BCUT2D eigenvalue weighted by molar-refractivity contribution is 6.30. The zero-order chi connectivity index (χ0) is 12.1. The molecule has 1 N–H and O–H groups in total. The molecule has 2 rings (SSSR count). The molecule has 0 aliphatic rings. The first kappa shape index (κ1) is 11.6. The first-order valence-electron chi connectivity index (χ1n) is 5.19. The van der Waals surface area contributed by atoms with E-state index < -0.39 is 0 Å². The number of hydrogen-bond donors (Lipinski definition) is 1. The molecule has 4 heteroatoms. The third kappa shape index (κ3) is 3.04. The van der Waals surface area contributed by atoms with E-state index in [4.69, 9.17) is 11.6 Å². The Kier molecular flexibility index (Phi) is 3.73. The van der Waals surface area contributed by atoms with Gasteiger partial charge in [0.05, 0.1) is 0 Å². The Bertz CT molecular complexity index is 506. The van der Waals surface area contributed by atoms with Crippen LogP contribution in [-0.2, 0) is 0 Å². The van der Waals surface area contributed by atoms with Gasteiger partial charge in [-0.25, -0.2) is 0 Å². The second-order valence-electron chi connectivity index (χ2n) is 3.45. The minimum atomic E-state index is 0.715. The Morgan fingerprint density at radius 1 is 1.24 bits per heavy atom. The quantitative estimate of drug-likeness (QED) is 0.652. The summed E-state index contributed by atoms with van der Waals surface area (Å²) >= 11 is 5.83. The monoisotopic (exact) mass is 245 g/mol. The topological polar surface area (TPSA) is 37.3 Å². The molecule has 1 heterocycles. The number of rotatable bonds is 2. The van der Waals surface area contributed by atoms with Gasteiger partial charge in [0, 0.05) is 35.7 Å². The summed E-state index contributed by atoms with van der Waals surface area (Å²) in [7, 11) is 1.74. The minimum absolute atomic E-state index is 0.715. The van der Waals surface area contributed by atoms with E-state index in [9.17, 15) is 0 Å². The van der Waals surface area contributed by atoms with Gasteiger partial charge in [0.1, 0.15) is 5.84 Å². The highest BCUT2D eigenvalue weighted by atomic mass is 35.5. The molecule has 1 aromatic carbocycles. The van der Waals surface area contributed by atoms with E-state index in [1.807, 2.05) is 36.4 Å². The molecule has 0 bridgehead atoms. The van der Waals surface area contributed by atoms with Crippen LogP contribution in [0.25, 0.3) is 0 Å². The van der Waals surface area contributed by atoms with Crippen molar-refractivity contribution >= 4 is 23.1 Å². The summed E-state index contributed by atoms with van der Waals surface area (Å²) in [6.07, 6.45) is 3.50. The smallest absolute Gasteiger partial charge is 0.134 e. The third-order valence-corrected chi connectivity index (χ3v) is 2.52. The number of benzene rings is 1. The largest absolute Gasteiger partial charge is 0.340 e. The molecule has 0 aliphatic heterocycles. The van der Waals surface area contributed by atoms with Gasteiger partial charge in [-0.1, -0.05) is 11.6 Å². The fourth-order valence-electron chi connectivity index (χ4n) is 1.43. The summed E-state index contributed by atoms with van der Waals surface area (Å²) in [5.74, 6) is 0.778. The molecule has 86 valence electrons. The van der Waals surface area contributed by atoms with E-state index in [-0.39, 0.29) is 0 Å². The van der Waals surface area contributed by atoms with Crippen LogP contribution in [0.15, 0.2) is 53.8 Å². The number of nitrogens with one attached hydrogen (secondary N) is 1. The maximum absolute atomic E-state index is 5.83. The van der Waals surface area contributed by atoms with E-state index in [1.54, 1.807) is 19.4 Å². The van der Waals surface area contributed by atoms with Crippen molar-refractivity contribution in [1.82, 2.24) is 4.98 Å². The molecule has 1 aromatic heterocycles. The Morgan fingerprint density at radius 2 is 2.00 bits per heavy atom. The fraction of sp³-hybridized carbons (Fsp3) is 0.0769. The van der Waals surface area contributed by atoms with Crippen molar-refractivity contribution in [3.05, 3.63) is 59.4 Å². The van der Waals surface area contributed by atoms with Crippen LogP contribution in [0.2, 0.25) is 5.02 Å². The van der Waals surface area contributed by atoms with Crippen LogP contribution in [0.1, 0.15) is 5.56 Å². The predicted molar refractivity (Wildman–Crippen MR) is 71.8 cm³/mol. The van der Waals surface area contributed by atoms with Gasteiger partial charge in [0.15, 0.2) is 0 Å². The Morgan fingerprint density at radius 3 is 2.59 bits per heavy atom. The molecule has 2 aromatic rings. The van der Waals surface area contributed by atoms with Crippen LogP contribution in [-0.4, -0.2) is 17.9 Å². The third-order valence-electron chi connectivity index (χ3n) is 2.27. The van der Waals surface area contributed by atoms with E-state index in [0.29, 0.717) is 5.02 Å². The molecular weight excluding hydrogens is 234 g/mol. The van der Waals surface area contributed by atoms with Crippen molar-refractivity contribution < 1.29 is 0 Å². The zero-order valence-electron chi connectivity index (χ0n) is 9.39. The lowest BCUT2D eigenvalue weighted by Crippen LogP contribution is -2.13. The number of anilines is 1. The van der Waals surface area contributed by atoms with E-state index >= 15 is 0 Å². The average molecular weight is 246 g/mol. The van der Waals surface area contributed by atoms with Gasteiger partial charge in [-0.05, 0) is 36.4 Å². The summed E-state index contributed by atoms with van der Waals surface area (Å²) in [6.45, 7) is 0. The number of hydrogen-bond acceptors (Lipinski definition) is 2. The molecule has 3 nitrogen and oxygen atoms in total. The number of aliphatic imine (C=N–C) groups is 1. The van der Waals surface area contributed by atoms with Gasteiger partial charge < -0.3 is 5.32 Å². The predicted octanol–water partition coefficient (Wildman–Crippen LogP) is 3.22. The summed E-state index contributed by atoms with van der Waals surface area (Å²) in [6, 6.07) is 11.3. The van der Waals surface area contributed by atoms with Gasteiger partial charge in [-0.3, -0.25) is 9.98 Å². The molecule has 0 saturated heterocycles. The summed E-state index contributed by atoms with van der Waals surface area (Å²) < 4.78 is 0. The van der Waals surface area contributed by atoms with Crippen molar-refractivity contribution in [3.8, 4) is 0 Å². The maximum Gasteiger partial charge on any atom is 0.134 e. The minimum Gasteiger partial charge on any atom is -0.340 e. The van der Waals surface area contributed by atoms with Gasteiger partial charge in [-0.15, -0.1) is 0 Å². The van der Waals surface area contributed by atoms with Crippen molar-refractivity contribution in [2.24, 2.45) is 4.99 Å². The molecule has 0 aliphatic carbocycles. The van der Waals surface area contributed by atoms with Crippen molar-refractivity contribution in [3.63, 3.8) is 0 Å². The molecule has 0 atom stereocenters. The standard InChI is InChI=1S/C13H12ClN3/c1-15-13(10-3-2-8-16-9-10)17-12-6-4-11(14)5-7-12/h2-9H,1H3,(H,15,17). The van der Waals surface area contributed by atoms with Crippen LogP contribution >= 0.6 is 11.6 Å². The number of amidine groups is 1. The molecule has 0 unspecified atom stereocenters. The second kappa shape index (κ2) is 5.46. The molecule has 0 spiro atoms. The van der Waals surface area contributed by atoms with Crippen molar-refractivity contribution in [1.29, 1.82) is 0 Å². The fourth-order valence-corrected chi connectivity index (χ4v) is 1.56. The summed E-state index contributed by atoms with van der Waals surface area (Å²) in [5.41, 5.74) is 1.89. The van der Waals surface area contributed by atoms with Gasteiger partial charge in [0.2, 0.25) is 0 Å². The Balaban J connectivity index is 2.19. The summed E-state index contributed by atoms with van der Waals surface area (Å²) in [4.78, 5) is 8.28. The number of aromatic nitrogens is 1. The van der Waals surface area contributed by atoms with Crippen LogP contribution in [0.3, 0.4) is 0 Å². The number of pyridine rings is 1. The summed E-state index contributed by atoms with van der Waals surface area (Å²) in [5, 5.41) is 3.94. The van der Waals surface area contributed by atoms with Crippen molar-refractivity contribution in [2.75, 3.05) is 12.4 Å². The molecule has 0 radical (unpaired) electrons. The Labute approximate surface area is 105 Å². The normalized spacial score (nSPS) is 11.3. The van der Waals surface area contributed by atoms with Crippen LogP contribution < -0.4 is 5.32 Å². The molecule has 0 fully saturated rings. The first-order chi connectivity index (χ1) is 8.29. The van der Waals surface area contributed by atoms with Crippen LogP contribution in [0, 0.1) is 0 Å². The highest BCUT2D eigenvalue weighted by Crippen LogP contribution is 2.14. The van der Waals surface area contributed by atoms with Crippen LogP contribution in [0.5, 0.6) is 0 Å². The average Bonchev–Trinajstić information content (AvgIpc) is 2.39. The molecular formula is C13H12ClN3. The second-order valence-corrected chi connectivity index (χ2v) is 3.88. The molecule has 17 heavy (non-hydrogen) atoms.